The van der Waals surface area contributed by atoms with E-state index in [0.717, 1.165) is 78.6 Å². The van der Waals surface area contributed by atoms with Gasteiger partial charge in [0, 0.05) is 39.3 Å². The maximum atomic E-state index is 13.1. The van der Waals surface area contributed by atoms with E-state index < -0.39 is 0 Å². The number of thiophene rings is 1. The average molecular weight is 376 g/mol. The van der Waals surface area contributed by atoms with E-state index in [1.165, 1.54) is 11.3 Å². The second-order valence-electron chi connectivity index (χ2n) is 7.02. The Morgan fingerprint density at radius 1 is 1.15 bits per heavy atom. The maximum absolute atomic E-state index is 13.1. The van der Waals surface area contributed by atoms with Gasteiger partial charge in [-0.3, -0.25) is 4.79 Å². The lowest BCUT2D eigenvalue weighted by atomic mass is 10.1. The van der Waals surface area contributed by atoms with Crippen molar-refractivity contribution >= 4 is 33.3 Å². The molecule has 1 amide bonds. The van der Waals surface area contributed by atoms with Crippen molar-refractivity contribution in [2.45, 2.75) is 33.6 Å². The molecule has 0 N–H and O–H groups in total. The second kappa shape index (κ2) is 8.31. The Balaban J connectivity index is 1.98. The lowest BCUT2D eigenvalue weighted by molar-refractivity contribution is 0.0760. The van der Waals surface area contributed by atoms with Crippen LogP contribution in [0.1, 0.15) is 41.9 Å². The van der Waals surface area contributed by atoms with Crippen molar-refractivity contribution in [2.75, 3.05) is 51.2 Å². The van der Waals surface area contributed by atoms with E-state index in [4.69, 9.17) is 0 Å². The number of amides is 1. The van der Waals surface area contributed by atoms with Crippen LogP contribution in [0.15, 0.2) is 6.33 Å². The number of carbonyl (C=O) groups is 1. The number of fused-ring (bicyclic) bond motifs is 1. The zero-order valence-corrected chi connectivity index (χ0v) is 17.1. The summed E-state index contributed by atoms with van der Waals surface area (Å²) in [5.41, 5.74) is 1.03. The minimum atomic E-state index is 0.138. The summed E-state index contributed by atoms with van der Waals surface area (Å²) >= 11 is 1.51. The third-order valence-corrected chi connectivity index (χ3v) is 6.17. The number of nitrogens with zero attached hydrogens (tertiary/aromatic N) is 5. The first-order chi connectivity index (χ1) is 12.6. The van der Waals surface area contributed by atoms with Crippen molar-refractivity contribution in [1.82, 2.24) is 19.8 Å². The average Bonchev–Trinajstić information content (AvgIpc) is 2.99. The van der Waals surface area contributed by atoms with Gasteiger partial charge in [-0.15, -0.1) is 11.3 Å². The van der Waals surface area contributed by atoms with Crippen LogP contribution in [0.2, 0.25) is 0 Å². The van der Waals surface area contributed by atoms with Crippen LogP contribution < -0.4 is 4.90 Å². The van der Waals surface area contributed by atoms with Gasteiger partial charge in [0.1, 0.15) is 17.0 Å². The summed E-state index contributed by atoms with van der Waals surface area (Å²) in [5.74, 6) is 1.12. The van der Waals surface area contributed by atoms with Crippen LogP contribution in [0.4, 0.5) is 5.82 Å². The van der Waals surface area contributed by atoms with E-state index in [-0.39, 0.29) is 5.91 Å². The molecule has 6 nitrogen and oxygen atoms in total. The van der Waals surface area contributed by atoms with Gasteiger partial charge < -0.3 is 14.7 Å². The van der Waals surface area contributed by atoms with Crippen LogP contribution in [-0.2, 0) is 0 Å². The molecule has 0 aromatic carbocycles. The number of piperazine rings is 1. The SMILES string of the molecule is CCCN(CCC)C(=O)c1sc2ncnc(N3CCN(C)CC3)c2c1C. The standard InChI is InChI=1S/C19H29N5OS/c1-5-7-24(8-6-2)19(25)16-14(3)15-17(20-13-21-18(15)26-16)23-11-9-22(4)10-12-23/h13H,5-12H2,1-4H3. The number of aryl methyl sites for hydroxylation is 1. The van der Waals surface area contributed by atoms with Gasteiger partial charge in [0.2, 0.25) is 0 Å². The molecular formula is C19H29N5OS. The molecule has 142 valence electrons. The van der Waals surface area contributed by atoms with Gasteiger partial charge in [-0.05, 0) is 32.4 Å². The molecule has 0 radical (unpaired) electrons. The summed E-state index contributed by atoms with van der Waals surface area (Å²) in [7, 11) is 2.15. The molecule has 3 rings (SSSR count). The summed E-state index contributed by atoms with van der Waals surface area (Å²) in [5, 5.41) is 1.05. The molecule has 0 spiro atoms. The molecule has 0 unspecified atom stereocenters. The Morgan fingerprint density at radius 2 is 1.81 bits per heavy atom. The summed E-state index contributed by atoms with van der Waals surface area (Å²) in [6, 6.07) is 0. The Morgan fingerprint density at radius 3 is 2.42 bits per heavy atom. The quantitative estimate of drug-likeness (QED) is 0.777. The minimum Gasteiger partial charge on any atom is -0.353 e. The normalized spacial score (nSPS) is 15.6. The first kappa shape index (κ1) is 19.0. The van der Waals surface area contributed by atoms with Crippen molar-refractivity contribution in [3.05, 3.63) is 16.8 Å². The van der Waals surface area contributed by atoms with E-state index >= 15 is 0 Å². The molecule has 0 bridgehead atoms. The van der Waals surface area contributed by atoms with Crippen molar-refractivity contribution in [1.29, 1.82) is 0 Å². The predicted octanol–water partition coefficient (Wildman–Crippen LogP) is 3.01. The van der Waals surface area contributed by atoms with Crippen molar-refractivity contribution in [2.24, 2.45) is 0 Å². The molecular weight excluding hydrogens is 346 g/mol. The zero-order chi connectivity index (χ0) is 18.7. The summed E-state index contributed by atoms with van der Waals surface area (Å²) in [4.78, 5) is 30.5. The second-order valence-corrected chi connectivity index (χ2v) is 8.02. The van der Waals surface area contributed by atoms with Crippen molar-refractivity contribution in [3.8, 4) is 0 Å². The van der Waals surface area contributed by atoms with Gasteiger partial charge in [-0.2, -0.15) is 0 Å². The van der Waals surface area contributed by atoms with Gasteiger partial charge in [-0.25, -0.2) is 9.97 Å². The molecule has 0 aliphatic carbocycles. The third-order valence-electron chi connectivity index (χ3n) is 4.98. The number of anilines is 1. The lowest BCUT2D eigenvalue weighted by Crippen LogP contribution is -2.44. The molecule has 7 heteroatoms. The van der Waals surface area contributed by atoms with E-state index in [1.54, 1.807) is 6.33 Å². The van der Waals surface area contributed by atoms with Gasteiger partial charge in [-0.1, -0.05) is 13.8 Å². The highest BCUT2D eigenvalue weighted by Crippen LogP contribution is 2.35. The van der Waals surface area contributed by atoms with Crippen LogP contribution in [-0.4, -0.2) is 72.0 Å². The van der Waals surface area contributed by atoms with E-state index in [0.29, 0.717) is 0 Å². The summed E-state index contributed by atoms with van der Waals surface area (Å²) in [6.07, 6.45) is 3.58. The molecule has 2 aromatic rings. The number of carbonyl (C=O) groups excluding carboxylic acids is 1. The summed E-state index contributed by atoms with van der Waals surface area (Å²) in [6.45, 7) is 11.9. The zero-order valence-electron chi connectivity index (χ0n) is 16.3. The number of hydrogen-bond donors (Lipinski definition) is 0. The fourth-order valence-corrected chi connectivity index (χ4v) is 4.62. The third kappa shape index (κ3) is 3.69. The Hall–Kier alpha value is -1.73. The van der Waals surface area contributed by atoms with Crippen LogP contribution >= 0.6 is 11.3 Å². The Bertz CT molecular complexity index is 761. The van der Waals surface area contributed by atoms with Gasteiger partial charge in [0.25, 0.3) is 5.91 Å². The van der Waals surface area contributed by atoms with Crippen LogP contribution in [0.5, 0.6) is 0 Å². The van der Waals surface area contributed by atoms with Crippen LogP contribution in [0.3, 0.4) is 0 Å². The van der Waals surface area contributed by atoms with Gasteiger partial charge in [0.15, 0.2) is 0 Å². The molecule has 3 heterocycles. The molecule has 1 aliphatic heterocycles. The summed E-state index contributed by atoms with van der Waals surface area (Å²) < 4.78 is 0. The fraction of sp³-hybridized carbons (Fsp3) is 0.632. The largest absolute Gasteiger partial charge is 0.353 e. The van der Waals surface area contributed by atoms with Crippen molar-refractivity contribution < 1.29 is 4.79 Å². The fourth-order valence-electron chi connectivity index (χ4n) is 3.51. The highest BCUT2D eigenvalue weighted by Gasteiger charge is 2.25. The Labute approximate surface area is 159 Å². The molecule has 2 aromatic heterocycles. The molecule has 1 aliphatic rings. The van der Waals surface area contributed by atoms with Gasteiger partial charge in [0.05, 0.1) is 10.3 Å². The first-order valence-corrected chi connectivity index (χ1v) is 10.3. The molecule has 0 saturated carbocycles. The van der Waals surface area contributed by atoms with E-state index in [2.05, 4.69) is 40.7 Å². The minimum absolute atomic E-state index is 0.138. The van der Waals surface area contributed by atoms with Crippen LogP contribution in [0.25, 0.3) is 10.2 Å². The lowest BCUT2D eigenvalue weighted by Gasteiger charge is -2.33. The first-order valence-electron chi connectivity index (χ1n) is 9.53. The predicted molar refractivity (Wildman–Crippen MR) is 108 cm³/mol. The molecule has 26 heavy (non-hydrogen) atoms. The number of hydrogen-bond acceptors (Lipinski definition) is 6. The highest BCUT2D eigenvalue weighted by atomic mass is 32.1. The van der Waals surface area contributed by atoms with Crippen LogP contribution in [0, 0.1) is 6.92 Å². The Kier molecular flexibility index (Phi) is 6.09. The molecule has 0 atom stereocenters. The molecule has 1 fully saturated rings. The monoisotopic (exact) mass is 375 g/mol. The number of rotatable bonds is 6. The molecule has 1 saturated heterocycles. The number of aromatic nitrogens is 2. The number of likely N-dealkylation sites (N-methyl/N-ethyl adjacent to an activating group) is 1. The van der Waals surface area contributed by atoms with E-state index in [9.17, 15) is 4.79 Å². The van der Waals surface area contributed by atoms with Crippen molar-refractivity contribution in [3.63, 3.8) is 0 Å². The van der Waals surface area contributed by atoms with Gasteiger partial charge >= 0.3 is 0 Å². The topological polar surface area (TPSA) is 52.6 Å². The van der Waals surface area contributed by atoms with E-state index in [1.807, 2.05) is 11.8 Å². The highest BCUT2D eigenvalue weighted by molar-refractivity contribution is 7.20. The maximum Gasteiger partial charge on any atom is 0.264 e. The smallest absolute Gasteiger partial charge is 0.264 e.